The second-order valence-corrected chi connectivity index (χ2v) is 4.56. The molecule has 0 aromatic carbocycles. The Hall–Kier alpha value is -0.640. The molecule has 88 valence electrons. The minimum Gasteiger partial charge on any atom is -0.392 e. The van der Waals surface area contributed by atoms with Gasteiger partial charge in [0.25, 0.3) is 0 Å². The average Bonchev–Trinajstić information content (AvgIpc) is 2.15. The molecule has 0 bridgehead atoms. The quantitative estimate of drug-likeness (QED) is 0.709. The van der Waals surface area contributed by atoms with Gasteiger partial charge >= 0.3 is 0 Å². The van der Waals surface area contributed by atoms with Crippen molar-refractivity contribution in [2.45, 2.75) is 46.6 Å². The van der Waals surface area contributed by atoms with Crippen molar-refractivity contribution in [3.05, 3.63) is 0 Å². The highest BCUT2D eigenvalue weighted by Crippen LogP contribution is 2.13. The molecule has 4 heteroatoms. The molecule has 2 N–H and O–H groups in total. The lowest BCUT2D eigenvalue weighted by molar-refractivity contribution is -0.136. The fraction of sp³-hybridized carbons (Fsp3) is 0.818. The molecule has 0 aliphatic heterocycles. The van der Waals surface area contributed by atoms with Crippen LogP contribution in [-0.4, -0.2) is 28.4 Å². The van der Waals surface area contributed by atoms with Gasteiger partial charge in [-0.05, 0) is 26.7 Å². The molecule has 0 fully saturated rings. The fourth-order valence-electron chi connectivity index (χ4n) is 1.56. The first-order chi connectivity index (χ1) is 6.93. The summed E-state index contributed by atoms with van der Waals surface area (Å²) in [6, 6.07) is 0.152. The molecule has 0 rings (SSSR count). The van der Waals surface area contributed by atoms with E-state index in [1.165, 1.54) is 0 Å². The Labute approximate surface area is 98.0 Å². The van der Waals surface area contributed by atoms with Gasteiger partial charge in [-0.25, -0.2) is 0 Å². The average molecular weight is 230 g/mol. The van der Waals surface area contributed by atoms with Crippen LogP contribution in [0, 0.1) is 5.92 Å². The molecule has 15 heavy (non-hydrogen) atoms. The van der Waals surface area contributed by atoms with Gasteiger partial charge in [0.15, 0.2) is 0 Å². The van der Waals surface area contributed by atoms with E-state index in [1.54, 1.807) is 4.90 Å². The van der Waals surface area contributed by atoms with E-state index in [2.05, 4.69) is 0 Å². The first kappa shape index (κ1) is 14.4. The predicted octanol–water partition coefficient (Wildman–Crippen LogP) is 1.95. The lowest BCUT2D eigenvalue weighted by Crippen LogP contribution is -2.44. The van der Waals surface area contributed by atoms with Crippen LogP contribution in [0.3, 0.4) is 0 Å². The third kappa shape index (κ3) is 4.60. The Kier molecular flexibility index (Phi) is 6.48. The summed E-state index contributed by atoms with van der Waals surface area (Å²) >= 11 is 4.85. The molecule has 3 nitrogen and oxygen atoms in total. The number of carbonyl (C=O) groups is 1. The summed E-state index contributed by atoms with van der Waals surface area (Å²) in [6.07, 6.45) is 1.74. The second-order valence-electron chi connectivity index (χ2n) is 4.04. The van der Waals surface area contributed by atoms with Gasteiger partial charge in [0.1, 0.15) is 0 Å². The molecule has 0 saturated carbocycles. The molecule has 0 aliphatic rings. The van der Waals surface area contributed by atoms with Crippen molar-refractivity contribution < 1.29 is 4.79 Å². The van der Waals surface area contributed by atoms with Crippen molar-refractivity contribution in [3.63, 3.8) is 0 Å². The summed E-state index contributed by atoms with van der Waals surface area (Å²) < 4.78 is 0. The number of hydrogen-bond acceptors (Lipinski definition) is 2. The molecule has 0 heterocycles. The van der Waals surface area contributed by atoms with Crippen LogP contribution in [0.15, 0.2) is 0 Å². The van der Waals surface area contributed by atoms with Crippen LogP contribution >= 0.6 is 12.2 Å². The van der Waals surface area contributed by atoms with Crippen LogP contribution in [0.4, 0.5) is 0 Å². The van der Waals surface area contributed by atoms with E-state index in [9.17, 15) is 4.79 Å². The number of rotatable bonds is 6. The number of nitrogens with zero attached hydrogens (tertiary/aromatic N) is 1. The topological polar surface area (TPSA) is 46.3 Å². The molecule has 0 saturated heterocycles. The number of carbonyl (C=O) groups excluding carboxylic acids is 1. The third-order valence-electron chi connectivity index (χ3n) is 2.57. The van der Waals surface area contributed by atoms with Crippen molar-refractivity contribution >= 4 is 23.1 Å². The van der Waals surface area contributed by atoms with E-state index >= 15 is 0 Å². The molecule has 0 aliphatic carbocycles. The SMILES string of the molecule is CCC(CC)C(=O)N(CC(N)=S)C(C)C. The summed E-state index contributed by atoms with van der Waals surface area (Å²) in [4.78, 5) is 14.2. The van der Waals surface area contributed by atoms with Crippen LogP contribution in [0.5, 0.6) is 0 Å². The zero-order valence-corrected chi connectivity index (χ0v) is 10.9. The number of thiocarbonyl (C=S) groups is 1. The molecule has 0 aromatic heterocycles. The normalized spacial score (nSPS) is 10.8. The van der Waals surface area contributed by atoms with Gasteiger partial charge in [-0.3, -0.25) is 4.79 Å². The van der Waals surface area contributed by atoms with Crippen molar-refractivity contribution in [1.82, 2.24) is 4.90 Å². The minimum atomic E-state index is 0.0988. The Bertz CT molecular complexity index is 225. The Morgan fingerprint density at radius 3 is 2.07 bits per heavy atom. The van der Waals surface area contributed by atoms with Crippen molar-refractivity contribution in [3.8, 4) is 0 Å². The van der Waals surface area contributed by atoms with Gasteiger partial charge in [-0.1, -0.05) is 26.1 Å². The van der Waals surface area contributed by atoms with Gasteiger partial charge < -0.3 is 10.6 Å². The lowest BCUT2D eigenvalue weighted by Gasteiger charge is -2.29. The van der Waals surface area contributed by atoms with Crippen LogP contribution < -0.4 is 5.73 Å². The van der Waals surface area contributed by atoms with Crippen LogP contribution in [0.2, 0.25) is 0 Å². The smallest absolute Gasteiger partial charge is 0.226 e. The van der Waals surface area contributed by atoms with Crippen molar-refractivity contribution in [1.29, 1.82) is 0 Å². The molecule has 0 unspecified atom stereocenters. The predicted molar refractivity (Wildman–Crippen MR) is 67.7 cm³/mol. The van der Waals surface area contributed by atoms with Crippen molar-refractivity contribution in [2.75, 3.05) is 6.54 Å². The van der Waals surface area contributed by atoms with Gasteiger partial charge in [0, 0.05) is 12.0 Å². The maximum atomic E-state index is 12.1. The second kappa shape index (κ2) is 6.77. The minimum absolute atomic E-state index is 0.0988. The zero-order chi connectivity index (χ0) is 12.0. The summed E-state index contributed by atoms with van der Waals surface area (Å²) in [6.45, 7) is 8.43. The zero-order valence-electron chi connectivity index (χ0n) is 10.1. The number of amides is 1. The summed E-state index contributed by atoms with van der Waals surface area (Å²) in [5.74, 6) is 0.268. The van der Waals surface area contributed by atoms with Gasteiger partial charge in [0.2, 0.25) is 5.91 Å². The molecule has 1 amide bonds. The maximum absolute atomic E-state index is 12.1. The third-order valence-corrected chi connectivity index (χ3v) is 2.70. The maximum Gasteiger partial charge on any atom is 0.226 e. The van der Waals surface area contributed by atoms with Gasteiger partial charge in [-0.2, -0.15) is 0 Å². The van der Waals surface area contributed by atoms with E-state index in [0.717, 1.165) is 12.8 Å². The number of hydrogen-bond donors (Lipinski definition) is 1. The highest BCUT2D eigenvalue weighted by Gasteiger charge is 2.23. The van der Waals surface area contributed by atoms with E-state index in [1.807, 2.05) is 27.7 Å². The standard InChI is InChI=1S/C11H22N2OS/c1-5-9(6-2)11(14)13(8(3)4)7-10(12)15/h8-9H,5-7H2,1-4H3,(H2,12,15). The van der Waals surface area contributed by atoms with Gasteiger partial charge in [0.05, 0.1) is 11.5 Å². The largest absolute Gasteiger partial charge is 0.392 e. The highest BCUT2D eigenvalue weighted by molar-refractivity contribution is 7.80. The summed E-state index contributed by atoms with van der Waals surface area (Å²) in [5, 5.41) is 0. The lowest BCUT2D eigenvalue weighted by atomic mass is 10.0. The fourth-order valence-corrected chi connectivity index (χ4v) is 1.69. The Balaban J connectivity index is 4.60. The summed E-state index contributed by atoms with van der Waals surface area (Å²) in [5.41, 5.74) is 5.49. The number of nitrogens with two attached hydrogens (primary N) is 1. The van der Waals surface area contributed by atoms with Gasteiger partial charge in [-0.15, -0.1) is 0 Å². The molecule has 0 radical (unpaired) electrons. The van der Waals surface area contributed by atoms with Crippen LogP contribution in [0.25, 0.3) is 0 Å². The Morgan fingerprint density at radius 1 is 1.33 bits per heavy atom. The van der Waals surface area contributed by atoms with Crippen molar-refractivity contribution in [2.24, 2.45) is 11.7 Å². The molecule has 0 spiro atoms. The molecule has 0 aromatic rings. The molecular weight excluding hydrogens is 208 g/mol. The van der Waals surface area contributed by atoms with Crippen LogP contribution in [-0.2, 0) is 4.79 Å². The Morgan fingerprint density at radius 2 is 1.80 bits per heavy atom. The summed E-state index contributed by atoms with van der Waals surface area (Å²) in [7, 11) is 0. The van der Waals surface area contributed by atoms with E-state index < -0.39 is 0 Å². The van der Waals surface area contributed by atoms with E-state index in [0.29, 0.717) is 11.5 Å². The highest BCUT2D eigenvalue weighted by atomic mass is 32.1. The van der Waals surface area contributed by atoms with E-state index in [4.69, 9.17) is 18.0 Å². The monoisotopic (exact) mass is 230 g/mol. The first-order valence-electron chi connectivity index (χ1n) is 5.52. The van der Waals surface area contributed by atoms with Crippen LogP contribution in [0.1, 0.15) is 40.5 Å². The first-order valence-corrected chi connectivity index (χ1v) is 5.93. The molecule has 0 atom stereocenters. The van der Waals surface area contributed by atoms with E-state index in [-0.39, 0.29) is 17.9 Å². The molecular formula is C11H22N2OS.